The number of amides is 1. The molecular formula is C13H17NO3S. The smallest absolute Gasteiger partial charge is 0.327 e. The normalized spacial score (nSPS) is 11.9. The summed E-state index contributed by atoms with van der Waals surface area (Å²) in [4.78, 5) is 22.9. The number of thioether (sulfide) groups is 1. The van der Waals surface area contributed by atoms with Crippen LogP contribution in [0.4, 0.5) is 0 Å². The Morgan fingerprint density at radius 1 is 1.39 bits per heavy atom. The van der Waals surface area contributed by atoms with Gasteiger partial charge in [-0.05, 0) is 25.5 Å². The molecule has 1 rings (SSSR count). The van der Waals surface area contributed by atoms with E-state index in [9.17, 15) is 9.59 Å². The third-order valence-corrected chi connectivity index (χ3v) is 3.68. The molecule has 0 aliphatic carbocycles. The minimum Gasteiger partial charge on any atom is -0.480 e. The number of rotatable bonds is 5. The first kappa shape index (κ1) is 14.6. The number of hydrogen-bond acceptors (Lipinski definition) is 3. The van der Waals surface area contributed by atoms with Crippen LogP contribution in [0.15, 0.2) is 23.1 Å². The van der Waals surface area contributed by atoms with Gasteiger partial charge >= 0.3 is 5.97 Å². The predicted molar refractivity (Wildman–Crippen MR) is 71.9 cm³/mol. The minimum atomic E-state index is -1.01. The summed E-state index contributed by atoms with van der Waals surface area (Å²) in [6.45, 7) is 5.32. The van der Waals surface area contributed by atoms with Crippen LogP contribution in [0.3, 0.4) is 0 Å². The number of aliphatic carboxylic acids is 1. The average molecular weight is 267 g/mol. The van der Waals surface area contributed by atoms with Crippen LogP contribution in [0.1, 0.15) is 18.1 Å². The molecule has 2 N–H and O–H groups in total. The summed E-state index contributed by atoms with van der Waals surface area (Å²) in [6.07, 6.45) is 0. The maximum absolute atomic E-state index is 11.0. The molecule has 0 unspecified atom stereocenters. The monoisotopic (exact) mass is 267 g/mol. The van der Waals surface area contributed by atoms with Crippen LogP contribution in [0.5, 0.6) is 0 Å². The largest absolute Gasteiger partial charge is 0.480 e. The number of nitrogens with one attached hydrogen (secondary N) is 1. The second-order valence-electron chi connectivity index (χ2n) is 4.17. The van der Waals surface area contributed by atoms with Crippen molar-refractivity contribution < 1.29 is 14.7 Å². The molecule has 0 heterocycles. The molecule has 98 valence electrons. The minimum absolute atomic E-state index is 0.318. The van der Waals surface area contributed by atoms with Gasteiger partial charge in [0.1, 0.15) is 6.04 Å². The zero-order chi connectivity index (χ0) is 13.7. The molecule has 4 nitrogen and oxygen atoms in total. The topological polar surface area (TPSA) is 66.4 Å². The van der Waals surface area contributed by atoms with E-state index in [2.05, 4.69) is 11.4 Å². The van der Waals surface area contributed by atoms with Gasteiger partial charge in [-0.25, -0.2) is 4.79 Å². The molecule has 18 heavy (non-hydrogen) atoms. The van der Waals surface area contributed by atoms with Crippen molar-refractivity contribution in [1.29, 1.82) is 0 Å². The average Bonchev–Trinajstić information content (AvgIpc) is 2.25. The van der Waals surface area contributed by atoms with E-state index >= 15 is 0 Å². The van der Waals surface area contributed by atoms with Gasteiger partial charge < -0.3 is 10.4 Å². The molecule has 5 heteroatoms. The van der Waals surface area contributed by atoms with Gasteiger partial charge in [-0.3, -0.25) is 4.79 Å². The number of carbonyl (C=O) groups is 2. The van der Waals surface area contributed by atoms with E-state index in [4.69, 9.17) is 5.11 Å². The molecule has 1 aromatic carbocycles. The SMILES string of the molecule is CC(=O)N[C@H](CSc1ccc(C)cc1C)C(=O)O. The van der Waals surface area contributed by atoms with Crippen molar-refractivity contribution in [2.45, 2.75) is 31.7 Å². The summed E-state index contributed by atoms with van der Waals surface area (Å²) in [5.74, 6) is -1.02. The fraction of sp³-hybridized carbons (Fsp3) is 0.385. The van der Waals surface area contributed by atoms with Crippen molar-refractivity contribution in [2.24, 2.45) is 0 Å². The summed E-state index contributed by atoms with van der Waals surface area (Å²) < 4.78 is 0. The van der Waals surface area contributed by atoms with Gasteiger partial charge in [-0.15, -0.1) is 11.8 Å². The molecule has 1 aromatic rings. The van der Waals surface area contributed by atoms with Gasteiger partial charge in [0.15, 0.2) is 0 Å². The Bertz CT molecular complexity index is 460. The predicted octanol–water partition coefficient (Wildman–Crippen LogP) is 1.98. The number of hydrogen-bond donors (Lipinski definition) is 2. The zero-order valence-electron chi connectivity index (χ0n) is 10.7. The van der Waals surface area contributed by atoms with E-state index in [1.54, 1.807) is 0 Å². The van der Waals surface area contributed by atoms with Crippen molar-refractivity contribution in [3.63, 3.8) is 0 Å². The van der Waals surface area contributed by atoms with Gasteiger partial charge in [-0.1, -0.05) is 17.7 Å². The first-order valence-corrected chi connectivity index (χ1v) is 6.58. The van der Waals surface area contributed by atoms with Gasteiger partial charge in [-0.2, -0.15) is 0 Å². The fourth-order valence-electron chi connectivity index (χ4n) is 1.55. The highest BCUT2D eigenvalue weighted by molar-refractivity contribution is 7.99. The molecule has 0 aliphatic heterocycles. The molecule has 0 saturated heterocycles. The van der Waals surface area contributed by atoms with Crippen molar-refractivity contribution in [3.8, 4) is 0 Å². The molecular weight excluding hydrogens is 250 g/mol. The van der Waals surface area contributed by atoms with Crippen molar-refractivity contribution in [1.82, 2.24) is 5.32 Å². The van der Waals surface area contributed by atoms with E-state index in [1.165, 1.54) is 24.2 Å². The number of carboxylic acid groups (broad SMARTS) is 1. The summed E-state index contributed by atoms with van der Waals surface area (Å²) in [5.41, 5.74) is 2.29. The Labute approximate surface area is 111 Å². The van der Waals surface area contributed by atoms with E-state index in [0.29, 0.717) is 5.75 Å². The number of carbonyl (C=O) groups excluding carboxylic acids is 1. The number of carboxylic acids is 1. The van der Waals surface area contributed by atoms with E-state index < -0.39 is 12.0 Å². The number of aryl methyl sites for hydroxylation is 2. The quantitative estimate of drug-likeness (QED) is 0.801. The maximum atomic E-state index is 11.0. The second kappa shape index (κ2) is 6.44. The van der Waals surface area contributed by atoms with Crippen LogP contribution in [-0.4, -0.2) is 28.8 Å². The van der Waals surface area contributed by atoms with Crippen LogP contribution < -0.4 is 5.32 Å². The van der Waals surface area contributed by atoms with E-state index in [1.807, 2.05) is 26.0 Å². The lowest BCUT2D eigenvalue weighted by Gasteiger charge is -2.13. The van der Waals surface area contributed by atoms with E-state index in [0.717, 1.165) is 10.5 Å². The van der Waals surface area contributed by atoms with Gasteiger partial charge in [0, 0.05) is 17.6 Å². The van der Waals surface area contributed by atoms with Crippen molar-refractivity contribution in [3.05, 3.63) is 29.3 Å². The fourth-order valence-corrected chi connectivity index (χ4v) is 2.58. The van der Waals surface area contributed by atoms with Crippen LogP contribution >= 0.6 is 11.8 Å². The van der Waals surface area contributed by atoms with Gasteiger partial charge in [0.05, 0.1) is 0 Å². The first-order chi connectivity index (χ1) is 8.40. The van der Waals surface area contributed by atoms with Crippen LogP contribution in [0, 0.1) is 13.8 Å². The van der Waals surface area contributed by atoms with E-state index in [-0.39, 0.29) is 5.91 Å². The lowest BCUT2D eigenvalue weighted by molar-refractivity contribution is -0.140. The highest BCUT2D eigenvalue weighted by Crippen LogP contribution is 2.23. The third-order valence-electron chi connectivity index (χ3n) is 2.41. The number of benzene rings is 1. The van der Waals surface area contributed by atoms with Gasteiger partial charge in [0.25, 0.3) is 0 Å². The van der Waals surface area contributed by atoms with Crippen LogP contribution in [0.25, 0.3) is 0 Å². The van der Waals surface area contributed by atoms with Crippen LogP contribution in [0.2, 0.25) is 0 Å². The standard InChI is InChI=1S/C13H17NO3S/c1-8-4-5-12(9(2)6-8)18-7-11(13(16)17)14-10(3)15/h4-6,11H,7H2,1-3H3,(H,14,15)(H,16,17)/t11-/m1/s1. The molecule has 0 aromatic heterocycles. The molecule has 1 atom stereocenters. The Kier molecular flexibility index (Phi) is 5.22. The first-order valence-electron chi connectivity index (χ1n) is 5.60. The molecule has 0 bridgehead atoms. The Morgan fingerprint density at radius 3 is 2.56 bits per heavy atom. The molecule has 0 saturated carbocycles. The highest BCUT2D eigenvalue weighted by atomic mass is 32.2. The lowest BCUT2D eigenvalue weighted by Crippen LogP contribution is -2.41. The zero-order valence-corrected chi connectivity index (χ0v) is 11.5. The third kappa shape index (κ3) is 4.41. The Morgan fingerprint density at radius 2 is 2.06 bits per heavy atom. The summed E-state index contributed by atoms with van der Waals surface area (Å²) in [7, 11) is 0. The maximum Gasteiger partial charge on any atom is 0.327 e. The molecule has 0 aliphatic rings. The van der Waals surface area contributed by atoms with Gasteiger partial charge in [0.2, 0.25) is 5.91 Å². The summed E-state index contributed by atoms with van der Waals surface area (Å²) in [6, 6.07) is 5.16. The lowest BCUT2D eigenvalue weighted by atomic mass is 10.2. The van der Waals surface area contributed by atoms with Crippen molar-refractivity contribution >= 4 is 23.6 Å². The Hall–Kier alpha value is -1.49. The summed E-state index contributed by atoms with van der Waals surface area (Å²) >= 11 is 1.44. The van der Waals surface area contributed by atoms with Crippen LogP contribution in [-0.2, 0) is 9.59 Å². The second-order valence-corrected chi connectivity index (χ2v) is 5.23. The highest BCUT2D eigenvalue weighted by Gasteiger charge is 2.18. The molecule has 1 amide bonds. The Balaban J connectivity index is 2.66. The molecule has 0 radical (unpaired) electrons. The molecule has 0 fully saturated rings. The summed E-state index contributed by atoms with van der Waals surface area (Å²) in [5, 5.41) is 11.4. The molecule has 0 spiro atoms. The van der Waals surface area contributed by atoms with Crippen molar-refractivity contribution in [2.75, 3.05) is 5.75 Å².